The van der Waals surface area contributed by atoms with Crippen molar-refractivity contribution in [2.75, 3.05) is 6.61 Å². The number of hydrogen-bond donors (Lipinski definition) is 1. The lowest BCUT2D eigenvalue weighted by molar-refractivity contribution is -0.121. The van der Waals surface area contributed by atoms with Crippen LogP contribution in [0.25, 0.3) is 0 Å². The van der Waals surface area contributed by atoms with Crippen molar-refractivity contribution < 1.29 is 9.53 Å². The van der Waals surface area contributed by atoms with Crippen molar-refractivity contribution in [3.63, 3.8) is 0 Å². The highest BCUT2D eigenvalue weighted by Gasteiger charge is 2.03. The zero-order valence-electron chi connectivity index (χ0n) is 11.1. The molecule has 0 heterocycles. The average Bonchev–Trinajstić information content (AvgIpc) is 2.30. The van der Waals surface area contributed by atoms with Crippen molar-refractivity contribution in [1.82, 2.24) is 5.43 Å². The fourth-order valence-electron chi connectivity index (χ4n) is 1.46. The molecule has 0 unspecified atom stereocenters. The van der Waals surface area contributed by atoms with Crippen LogP contribution in [0.1, 0.15) is 32.8 Å². The molecule has 0 atom stereocenters. The first-order valence-corrected chi connectivity index (χ1v) is 6.17. The number of hydrazone groups is 1. The number of hydrogen-bond acceptors (Lipinski definition) is 3. The maximum absolute atomic E-state index is 11.4. The molecule has 0 aromatic heterocycles. The zero-order valence-corrected chi connectivity index (χ0v) is 11.1. The molecule has 0 radical (unpaired) electrons. The van der Waals surface area contributed by atoms with Crippen molar-refractivity contribution in [3.8, 4) is 5.75 Å². The van der Waals surface area contributed by atoms with Gasteiger partial charge in [0.25, 0.3) is 0 Å². The molecule has 1 amide bonds. The van der Waals surface area contributed by atoms with Crippen LogP contribution in [0.15, 0.2) is 29.4 Å². The molecule has 1 rings (SSSR count). The summed E-state index contributed by atoms with van der Waals surface area (Å²) in [6.07, 6.45) is 2.08. The van der Waals surface area contributed by atoms with Gasteiger partial charge in [-0.3, -0.25) is 4.79 Å². The second kappa shape index (κ2) is 7.48. The number of rotatable bonds is 6. The van der Waals surface area contributed by atoms with Gasteiger partial charge < -0.3 is 4.74 Å². The van der Waals surface area contributed by atoms with Crippen LogP contribution in [-0.2, 0) is 4.79 Å². The molecule has 1 aromatic carbocycles. The molecule has 0 saturated carbocycles. The van der Waals surface area contributed by atoms with Gasteiger partial charge in [0.15, 0.2) is 0 Å². The Morgan fingerprint density at radius 2 is 2.17 bits per heavy atom. The summed E-state index contributed by atoms with van der Waals surface area (Å²) in [5, 5.41) is 3.93. The third-order valence-corrected chi connectivity index (χ3v) is 2.21. The highest BCUT2D eigenvalue weighted by atomic mass is 16.5. The van der Waals surface area contributed by atoms with Crippen LogP contribution in [0, 0.1) is 5.92 Å². The molecule has 98 valence electrons. The Morgan fingerprint density at radius 1 is 1.44 bits per heavy atom. The molecule has 0 fully saturated rings. The van der Waals surface area contributed by atoms with E-state index in [1.807, 2.05) is 45.0 Å². The lowest BCUT2D eigenvalue weighted by Gasteiger charge is -2.06. The van der Waals surface area contributed by atoms with Gasteiger partial charge in [0.05, 0.1) is 12.8 Å². The molecule has 0 aliphatic heterocycles. The van der Waals surface area contributed by atoms with Gasteiger partial charge in [-0.25, -0.2) is 5.43 Å². The van der Waals surface area contributed by atoms with E-state index in [1.165, 1.54) is 0 Å². The minimum absolute atomic E-state index is 0.0739. The van der Waals surface area contributed by atoms with E-state index >= 15 is 0 Å². The maximum atomic E-state index is 11.4. The van der Waals surface area contributed by atoms with Crippen LogP contribution in [-0.4, -0.2) is 18.7 Å². The van der Waals surface area contributed by atoms with Gasteiger partial charge >= 0.3 is 0 Å². The number of carbonyl (C=O) groups excluding carboxylic acids is 1. The Morgan fingerprint density at radius 3 is 2.83 bits per heavy atom. The first-order valence-electron chi connectivity index (χ1n) is 6.17. The van der Waals surface area contributed by atoms with Crippen LogP contribution in [0.3, 0.4) is 0 Å². The molecule has 1 aromatic rings. The molecule has 0 saturated heterocycles. The summed E-state index contributed by atoms with van der Waals surface area (Å²) >= 11 is 0. The largest absolute Gasteiger partial charge is 0.493 e. The van der Waals surface area contributed by atoms with E-state index in [2.05, 4.69) is 10.5 Å². The summed E-state index contributed by atoms with van der Waals surface area (Å²) in [6.45, 7) is 6.52. The fraction of sp³-hybridized carbons (Fsp3) is 0.429. The monoisotopic (exact) mass is 248 g/mol. The zero-order chi connectivity index (χ0) is 13.4. The molecule has 0 bridgehead atoms. The van der Waals surface area contributed by atoms with Gasteiger partial charge in [-0.15, -0.1) is 0 Å². The Labute approximate surface area is 108 Å². The first kappa shape index (κ1) is 14.2. The van der Waals surface area contributed by atoms with Crippen LogP contribution < -0.4 is 10.2 Å². The summed E-state index contributed by atoms with van der Waals surface area (Å²) in [4.78, 5) is 11.4. The van der Waals surface area contributed by atoms with Crippen molar-refractivity contribution >= 4 is 12.1 Å². The van der Waals surface area contributed by atoms with Crippen LogP contribution in [0.2, 0.25) is 0 Å². The van der Waals surface area contributed by atoms with Gasteiger partial charge in [0, 0.05) is 12.0 Å². The molecule has 18 heavy (non-hydrogen) atoms. The predicted octanol–water partition coefficient (Wildman–Crippen LogP) is 2.58. The number of ether oxygens (including phenoxy) is 1. The van der Waals surface area contributed by atoms with E-state index < -0.39 is 0 Å². The number of amides is 1. The number of para-hydroxylation sites is 1. The number of nitrogens with zero attached hydrogens (tertiary/aromatic N) is 1. The van der Waals surface area contributed by atoms with Crippen LogP contribution in [0.5, 0.6) is 5.75 Å². The Balaban J connectivity index is 2.58. The van der Waals surface area contributed by atoms with Gasteiger partial charge in [-0.1, -0.05) is 26.0 Å². The standard InChI is InChI=1S/C14H20N2O2/c1-4-18-13-8-6-5-7-12(13)10-15-16-14(17)9-11(2)3/h5-8,10-11H,4,9H2,1-3H3,(H,16,17). The fourth-order valence-corrected chi connectivity index (χ4v) is 1.46. The molecule has 0 spiro atoms. The molecule has 0 aliphatic carbocycles. The minimum Gasteiger partial charge on any atom is -0.493 e. The summed E-state index contributed by atoms with van der Waals surface area (Å²) in [5.74, 6) is 1.02. The maximum Gasteiger partial charge on any atom is 0.240 e. The van der Waals surface area contributed by atoms with Gasteiger partial charge in [0.1, 0.15) is 5.75 Å². The molecule has 4 heteroatoms. The van der Waals surface area contributed by atoms with Crippen LogP contribution >= 0.6 is 0 Å². The lowest BCUT2D eigenvalue weighted by Crippen LogP contribution is -2.19. The van der Waals surface area contributed by atoms with E-state index in [0.717, 1.165) is 11.3 Å². The van der Waals surface area contributed by atoms with E-state index in [9.17, 15) is 4.79 Å². The van der Waals surface area contributed by atoms with Crippen LogP contribution in [0.4, 0.5) is 0 Å². The molecule has 1 N–H and O–H groups in total. The van der Waals surface area contributed by atoms with Gasteiger partial charge in [0.2, 0.25) is 5.91 Å². The van der Waals surface area contributed by atoms with Crippen molar-refractivity contribution in [1.29, 1.82) is 0 Å². The molecule has 4 nitrogen and oxygen atoms in total. The van der Waals surface area contributed by atoms with E-state index in [-0.39, 0.29) is 5.91 Å². The second-order valence-electron chi connectivity index (χ2n) is 4.36. The highest BCUT2D eigenvalue weighted by Crippen LogP contribution is 2.15. The van der Waals surface area contributed by atoms with E-state index in [0.29, 0.717) is 18.9 Å². The van der Waals surface area contributed by atoms with Crippen molar-refractivity contribution in [2.45, 2.75) is 27.2 Å². The molecular formula is C14H20N2O2. The second-order valence-corrected chi connectivity index (χ2v) is 4.36. The van der Waals surface area contributed by atoms with E-state index in [1.54, 1.807) is 6.21 Å². The first-order chi connectivity index (χ1) is 8.63. The molecule has 0 aliphatic rings. The number of nitrogens with one attached hydrogen (secondary N) is 1. The summed E-state index contributed by atoms with van der Waals surface area (Å²) in [7, 11) is 0. The quantitative estimate of drug-likeness (QED) is 0.621. The van der Waals surface area contributed by atoms with Gasteiger partial charge in [-0.05, 0) is 25.0 Å². The Hall–Kier alpha value is -1.84. The lowest BCUT2D eigenvalue weighted by atomic mass is 10.1. The van der Waals surface area contributed by atoms with Crippen molar-refractivity contribution in [2.24, 2.45) is 11.0 Å². The van der Waals surface area contributed by atoms with Gasteiger partial charge in [-0.2, -0.15) is 5.10 Å². The smallest absolute Gasteiger partial charge is 0.240 e. The highest BCUT2D eigenvalue weighted by molar-refractivity contribution is 5.85. The SMILES string of the molecule is CCOc1ccccc1C=NNC(=O)CC(C)C. The summed E-state index contributed by atoms with van der Waals surface area (Å²) in [6, 6.07) is 7.57. The van der Waals surface area contributed by atoms with Crippen molar-refractivity contribution in [3.05, 3.63) is 29.8 Å². The summed E-state index contributed by atoms with van der Waals surface area (Å²) in [5.41, 5.74) is 3.36. The average molecular weight is 248 g/mol. The number of carbonyl (C=O) groups is 1. The topological polar surface area (TPSA) is 50.7 Å². The number of benzene rings is 1. The third kappa shape index (κ3) is 4.99. The summed E-state index contributed by atoms with van der Waals surface area (Å²) < 4.78 is 5.46. The third-order valence-electron chi connectivity index (χ3n) is 2.21. The Kier molecular flexibility index (Phi) is 5.91. The molecular weight excluding hydrogens is 228 g/mol. The minimum atomic E-state index is -0.0739. The van der Waals surface area contributed by atoms with E-state index in [4.69, 9.17) is 4.74 Å². The predicted molar refractivity (Wildman–Crippen MR) is 72.8 cm³/mol. The normalized spacial score (nSPS) is 10.9. The Bertz CT molecular complexity index is 414.